The molecule has 3 nitrogen and oxygen atoms in total. The Morgan fingerprint density at radius 2 is 2.53 bits per heavy atom. The van der Waals surface area contributed by atoms with Gasteiger partial charge in [0.2, 0.25) is 0 Å². The third kappa shape index (κ3) is 3.36. The molecule has 0 aliphatic carbocycles. The van der Waals surface area contributed by atoms with E-state index in [4.69, 9.17) is 4.42 Å². The van der Waals surface area contributed by atoms with Gasteiger partial charge >= 0.3 is 0 Å². The number of piperidine rings is 1. The Kier molecular flexibility index (Phi) is 3.80. The molecule has 0 spiro atoms. The molecule has 84 valence electrons. The van der Waals surface area contributed by atoms with Crippen molar-refractivity contribution in [2.75, 3.05) is 26.7 Å². The molecule has 3 heteroatoms. The van der Waals surface area contributed by atoms with Crippen LogP contribution in [0, 0.1) is 5.92 Å². The fourth-order valence-electron chi connectivity index (χ4n) is 2.25. The van der Waals surface area contributed by atoms with E-state index >= 15 is 0 Å². The molecular formula is C12H20N2O. The van der Waals surface area contributed by atoms with Gasteiger partial charge in [-0.2, -0.15) is 0 Å². The molecule has 0 saturated carbocycles. The largest absolute Gasteiger partial charge is 0.468 e. The van der Waals surface area contributed by atoms with Gasteiger partial charge in [0.15, 0.2) is 0 Å². The number of hydrogen-bond donors (Lipinski definition) is 1. The third-order valence-electron chi connectivity index (χ3n) is 3.03. The van der Waals surface area contributed by atoms with Gasteiger partial charge in [-0.05, 0) is 51.0 Å². The summed E-state index contributed by atoms with van der Waals surface area (Å²) in [6, 6.07) is 3.95. The van der Waals surface area contributed by atoms with E-state index in [1.165, 1.54) is 25.9 Å². The van der Waals surface area contributed by atoms with Crippen molar-refractivity contribution in [2.45, 2.75) is 19.4 Å². The molecule has 2 heterocycles. The fraction of sp³-hybridized carbons (Fsp3) is 0.667. The van der Waals surface area contributed by atoms with Crippen LogP contribution in [0.2, 0.25) is 0 Å². The molecule has 2 rings (SSSR count). The first-order valence-corrected chi connectivity index (χ1v) is 5.76. The summed E-state index contributed by atoms with van der Waals surface area (Å²) in [6.45, 7) is 4.44. The van der Waals surface area contributed by atoms with E-state index in [1.807, 2.05) is 12.1 Å². The molecule has 0 radical (unpaired) electrons. The minimum Gasteiger partial charge on any atom is -0.468 e. The molecule has 1 fully saturated rings. The summed E-state index contributed by atoms with van der Waals surface area (Å²) in [4.78, 5) is 2.42. The Labute approximate surface area is 91.4 Å². The van der Waals surface area contributed by atoms with E-state index < -0.39 is 0 Å². The Hall–Kier alpha value is -0.800. The number of hydrogen-bond acceptors (Lipinski definition) is 3. The molecule has 15 heavy (non-hydrogen) atoms. The summed E-state index contributed by atoms with van der Waals surface area (Å²) >= 11 is 0. The maximum absolute atomic E-state index is 5.27. The van der Waals surface area contributed by atoms with E-state index in [0.29, 0.717) is 0 Å². The highest BCUT2D eigenvalue weighted by Gasteiger charge is 2.16. The number of nitrogens with one attached hydrogen (secondary N) is 1. The molecule has 1 atom stereocenters. The standard InChI is InChI=1S/C12H20N2O/c1-14-6-2-4-11(10-14)8-13-9-12-5-3-7-15-12/h3,5,7,11,13H,2,4,6,8-10H2,1H3. The summed E-state index contributed by atoms with van der Waals surface area (Å²) in [6.07, 6.45) is 4.42. The molecule has 0 amide bonds. The number of nitrogens with zero attached hydrogens (tertiary/aromatic N) is 1. The van der Waals surface area contributed by atoms with Crippen LogP contribution < -0.4 is 5.32 Å². The average Bonchev–Trinajstić information content (AvgIpc) is 2.71. The van der Waals surface area contributed by atoms with E-state index in [9.17, 15) is 0 Å². The minimum atomic E-state index is 0.804. The monoisotopic (exact) mass is 208 g/mol. The van der Waals surface area contributed by atoms with Gasteiger partial charge in [0.25, 0.3) is 0 Å². The van der Waals surface area contributed by atoms with Crippen LogP contribution in [0.25, 0.3) is 0 Å². The molecule has 1 N–H and O–H groups in total. The summed E-state index contributed by atoms with van der Waals surface area (Å²) in [7, 11) is 2.21. The van der Waals surface area contributed by atoms with Crippen LogP contribution in [0.3, 0.4) is 0 Å². The lowest BCUT2D eigenvalue weighted by Gasteiger charge is -2.29. The van der Waals surface area contributed by atoms with Gasteiger partial charge in [0.1, 0.15) is 5.76 Å². The fourth-order valence-corrected chi connectivity index (χ4v) is 2.25. The maximum Gasteiger partial charge on any atom is 0.117 e. The van der Waals surface area contributed by atoms with Gasteiger partial charge in [-0.25, -0.2) is 0 Å². The van der Waals surface area contributed by atoms with E-state index in [-0.39, 0.29) is 0 Å². The van der Waals surface area contributed by atoms with Gasteiger partial charge in [-0.15, -0.1) is 0 Å². The lowest BCUT2D eigenvalue weighted by atomic mass is 9.98. The van der Waals surface area contributed by atoms with E-state index in [2.05, 4.69) is 17.3 Å². The summed E-state index contributed by atoms with van der Waals surface area (Å²) in [5.74, 6) is 1.83. The van der Waals surface area contributed by atoms with Gasteiger partial charge in [-0.3, -0.25) is 0 Å². The number of rotatable bonds is 4. The molecule has 1 saturated heterocycles. The zero-order valence-corrected chi connectivity index (χ0v) is 9.41. The van der Waals surface area contributed by atoms with Crippen LogP contribution in [0.5, 0.6) is 0 Å². The normalized spacial score (nSPS) is 23.1. The molecule has 0 aromatic carbocycles. The highest BCUT2D eigenvalue weighted by molar-refractivity contribution is 4.97. The Morgan fingerprint density at radius 3 is 3.27 bits per heavy atom. The maximum atomic E-state index is 5.27. The topological polar surface area (TPSA) is 28.4 Å². The number of furan rings is 1. The molecule has 1 aliphatic heterocycles. The number of likely N-dealkylation sites (tertiary alicyclic amines) is 1. The minimum absolute atomic E-state index is 0.804. The van der Waals surface area contributed by atoms with Crippen molar-refractivity contribution >= 4 is 0 Å². The zero-order valence-electron chi connectivity index (χ0n) is 9.41. The van der Waals surface area contributed by atoms with Crippen molar-refractivity contribution in [2.24, 2.45) is 5.92 Å². The van der Waals surface area contributed by atoms with Crippen molar-refractivity contribution in [3.63, 3.8) is 0 Å². The second kappa shape index (κ2) is 5.33. The lowest BCUT2D eigenvalue weighted by Crippen LogP contribution is -2.37. The smallest absolute Gasteiger partial charge is 0.117 e. The van der Waals surface area contributed by atoms with Crippen LogP contribution in [0.15, 0.2) is 22.8 Å². The zero-order chi connectivity index (χ0) is 10.5. The first-order valence-electron chi connectivity index (χ1n) is 5.76. The van der Waals surface area contributed by atoms with Crippen LogP contribution in [0.4, 0.5) is 0 Å². The summed E-state index contributed by atoms with van der Waals surface area (Å²) < 4.78 is 5.27. The Balaban J connectivity index is 1.65. The van der Waals surface area contributed by atoms with Crippen LogP contribution >= 0.6 is 0 Å². The predicted molar refractivity (Wildman–Crippen MR) is 60.6 cm³/mol. The Morgan fingerprint density at radius 1 is 1.60 bits per heavy atom. The van der Waals surface area contributed by atoms with Crippen LogP contribution in [0.1, 0.15) is 18.6 Å². The molecule has 0 bridgehead atoms. The predicted octanol–water partition coefficient (Wildman–Crippen LogP) is 1.71. The molecule has 1 aromatic rings. The molecule has 1 aromatic heterocycles. The SMILES string of the molecule is CN1CCCC(CNCc2ccco2)C1. The van der Waals surface area contributed by atoms with Crippen molar-refractivity contribution in [1.82, 2.24) is 10.2 Å². The summed E-state index contributed by atoms with van der Waals surface area (Å²) in [5, 5.41) is 3.46. The Bertz CT molecular complexity index is 271. The van der Waals surface area contributed by atoms with Crippen LogP contribution in [-0.2, 0) is 6.54 Å². The van der Waals surface area contributed by atoms with Gasteiger partial charge in [0, 0.05) is 6.54 Å². The van der Waals surface area contributed by atoms with Crippen molar-refractivity contribution in [3.05, 3.63) is 24.2 Å². The third-order valence-corrected chi connectivity index (χ3v) is 3.03. The van der Waals surface area contributed by atoms with Gasteiger partial charge < -0.3 is 14.6 Å². The average molecular weight is 208 g/mol. The van der Waals surface area contributed by atoms with E-state index in [1.54, 1.807) is 6.26 Å². The highest BCUT2D eigenvalue weighted by atomic mass is 16.3. The quantitative estimate of drug-likeness (QED) is 0.816. The van der Waals surface area contributed by atoms with E-state index in [0.717, 1.165) is 24.8 Å². The van der Waals surface area contributed by atoms with Crippen LogP contribution in [-0.4, -0.2) is 31.6 Å². The first-order chi connectivity index (χ1) is 7.34. The van der Waals surface area contributed by atoms with Gasteiger partial charge in [-0.1, -0.05) is 0 Å². The molecular weight excluding hydrogens is 188 g/mol. The highest BCUT2D eigenvalue weighted by Crippen LogP contribution is 2.14. The van der Waals surface area contributed by atoms with Crippen molar-refractivity contribution in [3.8, 4) is 0 Å². The molecule has 1 aliphatic rings. The van der Waals surface area contributed by atoms with Crippen molar-refractivity contribution < 1.29 is 4.42 Å². The lowest BCUT2D eigenvalue weighted by molar-refractivity contribution is 0.205. The second-order valence-corrected chi connectivity index (χ2v) is 4.48. The van der Waals surface area contributed by atoms with Gasteiger partial charge in [0.05, 0.1) is 12.8 Å². The molecule has 1 unspecified atom stereocenters. The second-order valence-electron chi connectivity index (χ2n) is 4.48. The first kappa shape index (κ1) is 10.7. The van der Waals surface area contributed by atoms with Crippen molar-refractivity contribution in [1.29, 1.82) is 0 Å². The summed E-state index contributed by atoms with van der Waals surface area (Å²) in [5.41, 5.74) is 0.